The Labute approximate surface area is 133 Å². The van der Waals surface area contributed by atoms with Gasteiger partial charge in [-0.1, -0.05) is 42.5 Å². The van der Waals surface area contributed by atoms with Gasteiger partial charge in [-0.15, -0.1) is 0 Å². The maximum Gasteiger partial charge on any atom is 0.164 e. The molecule has 0 saturated heterocycles. The van der Waals surface area contributed by atoms with Gasteiger partial charge in [-0.05, 0) is 44.0 Å². The molecule has 2 rings (SSSR count). The van der Waals surface area contributed by atoms with Crippen molar-refractivity contribution in [1.82, 2.24) is 5.32 Å². The molecule has 0 aliphatic rings. The largest absolute Gasteiger partial charge is 0.490 e. The molecule has 0 radical (unpaired) electrons. The highest BCUT2D eigenvalue weighted by Crippen LogP contribution is 2.31. The van der Waals surface area contributed by atoms with E-state index >= 15 is 0 Å². The molecule has 0 bridgehead atoms. The second-order valence-corrected chi connectivity index (χ2v) is 5.02. The van der Waals surface area contributed by atoms with Gasteiger partial charge in [0, 0.05) is 6.54 Å². The number of rotatable bonds is 9. The average Bonchev–Trinajstić information content (AvgIpc) is 2.55. The van der Waals surface area contributed by atoms with Crippen molar-refractivity contribution in [1.29, 1.82) is 0 Å². The molecule has 0 aliphatic heterocycles. The second-order valence-electron chi connectivity index (χ2n) is 5.02. The van der Waals surface area contributed by atoms with E-state index in [1.165, 1.54) is 11.1 Å². The summed E-state index contributed by atoms with van der Waals surface area (Å²) in [7, 11) is 0. The fraction of sp³-hybridized carbons (Fsp3) is 0.368. The predicted octanol–water partition coefficient (Wildman–Crippen LogP) is 3.82. The summed E-state index contributed by atoms with van der Waals surface area (Å²) in [5.41, 5.74) is 2.49. The molecule has 0 unspecified atom stereocenters. The first-order valence-corrected chi connectivity index (χ1v) is 7.97. The molecule has 22 heavy (non-hydrogen) atoms. The lowest BCUT2D eigenvalue weighted by Crippen LogP contribution is -2.17. The average molecular weight is 299 g/mol. The first-order valence-electron chi connectivity index (χ1n) is 7.97. The first kappa shape index (κ1) is 16.4. The summed E-state index contributed by atoms with van der Waals surface area (Å²) in [6.07, 6.45) is 0.920. The van der Waals surface area contributed by atoms with Crippen LogP contribution in [0.1, 0.15) is 25.0 Å². The van der Waals surface area contributed by atoms with Crippen molar-refractivity contribution < 1.29 is 9.47 Å². The summed E-state index contributed by atoms with van der Waals surface area (Å²) in [5, 5.41) is 3.47. The zero-order valence-corrected chi connectivity index (χ0v) is 13.5. The Morgan fingerprint density at radius 1 is 0.864 bits per heavy atom. The van der Waals surface area contributed by atoms with Gasteiger partial charge >= 0.3 is 0 Å². The number of nitrogens with one attached hydrogen (secondary N) is 1. The maximum atomic E-state index is 5.78. The van der Waals surface area contributed by atoms with E-state index in [1.807, 2.05) is 32.0 Å². The smallest absolute Gasteiger partial charge is 0.164 e. The Balaban J connectivity index is 1.92. The Hall–Kier alpha value is -2.00. The van der Waals surface area contributed by atoms with E-state index in [0.29, 0.717) is 13.2 Å². The fourth-order valence-electron chi connectivity index (χ4n) is 2.39. The molecule has 1 N–H and O–H groups in total. The molecule has 0 atom stereocenters. The summed E-state index contributed by atoms with van der Waals surface area (Å²) < 4.78 is 11.4. The summed E-state index contributed by atoms with van der Waals surface area (Å²) in [4.78, 5) is 0. The SMILES string of the molecule is CCOc1cccc(CCNCc2ccccc2)c1OCC. The molecule has 0 spiro atoms. The van der Waals surface area contributed by atoms with E-state index < -0.39 is 0 Å². The monoisotopic (exact) mass is 299 g/mol. The minimum atomic E-state index is 0.647. The van der Waals surface area contributed by atoms with Gasteiger partial charge < -0.3 is 14.8 Å². The molecule has 118 valence electrons. The molecule has 0 saturated carbocycles. The van der Waals surface area contributed by atoms with Gasteiger partial charge in [0.15, 0.2) is 11.5 Å². The van der Waals surface area contributed by atoms with E-state index in [-0.39, 0.29) is 0 Å². The molecule has 0 aromatic heterocycles. The third-order valence-corrected chi connectivity index (χ3v) is 3.39. The molecule has 0 amide bonds. The molecule has 0 fully saturated rings. The van der Waals surface area contributed by atoms with E-state index in [9.17, 15) is 0 Å². The Kier molecular flexibility index (Phi) is 6.78. The predicted molar refractivity (Wildman–Crippen MR) is 90.6 cm³/mol. The molecule has 2 aromatic rings. The van der Waals surface area contributed by atoms with Crippen LogP contribution in [0.15, 0.2) is 48.5 Å². The van der Waals surface area contributed by atoms with Gasteiger partial charge in [-0.3, -0.25) is 0 Å². The zero-order valence-electron chi connectivity index (χ0n) is 13.5. The number of ether oxygens (including phenoxy) is 2. The van der Waals surface area contributed by atoms with Crippen LogP contribution in [0, 0.1) is 0 Å². The van der Waals surface area contributed by atoms with Crippen LogP contribution in [-0.2, 0) is 13.0 Å². The lowest BCUT2D eigenvalue weighted by molar-refractivity contribution is 0.285. The van der Waals surface area contributed by atoms with Crippen molar-refractivity contribution in [3.05, 3.63) is 59.7 Å². The summed E-state index contributed by atoms with van der Waals surface area (Å²) >= 11 is 0. The van der Waals surface area contributed by atoms with Gasteiger partial charge in [0.1, 0.15) is 0 Å². The van der Waals surface area contributed by atoms with Crippen LogP contribution in [0.5, 0.6) is 11.5 Å². The highest BCUT2D eigenvalue weighted by molar-refractivity contribution is 5.46. The summed E-state index contributed by atoms with van der Waals surface area (Å²) in [5.74, 6) is 1.72. The van der Waals surface area contributed by atoms with Crippen LogP contribution in [-0.4, -0.2) is 19.8 Å². The molecule has 3 nitrogen and oxygen atoms in total. The van der Waals surface area contributed by atoms with Gasteiger partial charge in [-0.25, -0.2) is 0 Å². The van der Waals surface area contributed by atoms with Gasteiger partial charge in [0.25, 0.3) is 0 Å². The molecule has 0 aliphatic carbocycles. The second kappa shape index (κ2) is 9.11. The normalized spacial score (nSPS) is 10.5. The Bertz CT molecular complexity index is 555. The minimum absolute atomic E-state index is 0.647. The van der Waals surface area contributed by atoms with Crippen molar-refractivity contribution in [3.8, 4) is 11.5 Å². The molecule has 3 heteroatoms. The topological polar surface area (TPSA) is 30.5 Å². The number of para-hydroxylation sites is 1. The molecule has 2 aromatic carbocycles. The van der Waals surface area contributed by atoms with Crippen LogP contribution in [0.25, 0.3) is 0 Å². The van der Waals surface area contributed by atoms with Crippen molar-refractivity contribution in [2.24, 2.45) is 0 Å². The van der Waals surface area contributed by atoms with Crippen LogP contribution < -0.4 is 14.8 Å². The zero-order chi connectivity index (χ0) is 15.6. The highest BCUT2D eigenvalue weighted by Gasteiger charge is 2.10. The first-order chi connectivity index (χ1) is 10.8. The van der Waals surface area contributed by atoms with Crippen LogP contribution in [0.4, 0.5) is 0 Å². The van der Waals surface area contributed by atoms with Crippen LogP contribution >= 0.6 is 0 Å². The maximum absolute atomic E-state index is 5.78. The number of hydrogen-bond acceptors (Lipinski definition) is 3. The minimum Gasteiger partial charge on any atom is -0.490 e. The van der Waals surface area contributed by atoms with E-state index in [0.717, 1.165) is 31.0 Å². The highest BCUT2D eigenvalue weighted by atomic mass is 16.5. The van der Waals surface area contributed by atoms with E-state index in [1.54, 1.807) is 0 Å². The summed E-state index contributed by atoms with van der Waals surface area (Å²) in [6.45, 7) is 7.08. The Morgan fingerprint density at radius 2 is 1.64 bits per heavy atom. The van der Waals surface area contributed by atoms with Gasteiger partial charge in [0.2, 0.25) is 0 Å². The number of benzene rings is 2. The van der Waals surface area contributed by atoms with Crippen LogP contribution in [0.3, 0.4) is 0 Å². The van der Waals surface area contributed by atoms with Gasteiger partial charge in [0.05, 0.1) is 13.2 Å². The lowest BCUT2D eigenvalue weighted by atomic mass is 10.1. The third-order valence-electron chi connectivity index (χ3n) is 3.39. The Morgan fingerprint density at radius 3 is 2.36 bits per heavy atom. The lowest BCUT2D eigenvalue weighted by Gasteiger charge is -2.15. The van der Waals surface area contributed by atoms with E-state index in [4.69, 9.17) is 9.47 Å². The van der Waals surface area contributed by atoms with Crippen LogP contribution in [0.2, 0.25) is 0 Å². The van der Waals surface area contributed by atoms with Crippen molar-refractivity contribution in [3.63, 3.8) is 0 Å². The number of hydrogen-bond donors (Lipinski definition) is 1. The third kappa shape index (κ3) is 4.78. The molecular formula is C19H25NO2. The molecule has 0 heterocycles. The van der Waals surface area contributed by atoms with Crippen molar-refractivity contribution in [2.75, 3.05) is 19.8 Å². The fourth-order valence-corrected chi connectivity index (χ4v) is 2.39. The van der Waals surface area contributed by atoms with Gasteiger partial charge in [-0.2, -0.15) is 0 Å². The standard InChI is InChI=1S/C19H25NO2/c1-3-21-18-12-8-11-17(19(18)22-4-2)13-14-20-15-16-9-6-5-7-10-16/h5-12,20H,3-4,13-15H2,1-2H3. The van der Waals surface area contributed by atoms with Crippen molar-refractivity contribution in [2.45, 2.75) is 26.8 Å². The van der Waals surface area contributed by atoms with E-state index in [2.05, 4.69) is 35.6 Å². The summed E-state index contributed by atoms with van der Waals surface area (Å²) in [6, 6.07) is 16.5. The van der Waals surface area contributed by atoms with Crippen molar-refractivity contribution >= 4 is 0 Å². The quantitative estimate of drug-likeness (QED) is 0.714. The molecular weight excluding hydrogens is 274 g/mol.